The minimum absolute atomic E-state index is 0.283. The molecule has 0 spiro atoms. The molecule has 18 heavy (non-hydrogen) atoms. The maximum absolute atomic E-state index is 13.0. The summed E-state index contributed by atoms with van der Waals surface area (Å²) in [7, 11) is 0. The second-order valence-corrected chi connectivity index (χ2v) is 3.09. The molecule has 2 heterocycles. The molecule has 10 heteroatoms. The van der Waals surface area contributed by atoms with Crippen molar-refractivity contribution in [3.05, 3.63) is 24.4 Å². The second-order valence-electron chi connectivity index (χ2n) is 3.09. The van der Waals surface area contributed by atoms with Gasteiger partial charge in [-0.3, -0.25) is 0 Å². The van der Waals surface area contributed by atoms with Gasteiger partial charge in [0.1, 0.15) is 5.69 Å². The Kier molecular flexibility index (Phi) is 2.71. The monoisotopic (exact) mass is 266 g/mol. The molecule has 96 valence electrons. The first-order valence-corrected chi connectivity index (χ1v) is 4.37. The van der Waals surface area contributed by atoms with E-state index < -0.39 is 23.6 Å². The standard InChI is InChI=1S/C8H3F5N4O/c9-7(10,8(11,12)13)4-1-2-14-5(16-4)6-15-3-18-17-6/h1-3H. The predicted molar refractivity (Wildman–Crippen MR) is 45.3 cm³/mol. The van der Waals surface area contributed by atoms with E-state index in [0.717, 1.165) is 12.6 Å². The van der Waals surface area contributed by atoms with Crippen molar-refractivity contribution < 1.29 is 26.5 Å². The van der Waals surface area contributed by atoms with Gasteiger partial charge in [0.05, 0.1) is 0 Å². The zero-order chi connectivity index (χ0) is 13.4. The lowest BCUT2D eigenvalue weighted by atomic mass is 10.2. The molecule has 0 saturated carbocycles. The van der Waals surface area contributed by atoms with Crippen LogP contribution in [-0.2, 0) is 5.92 Å². The normalized spacial score (nSPS) is 12.7. The summed E-state index contributed by atoms with van der Waals surface area (Å²) in [6.45, 7) is 0. The van der Waals surface area contributed by atoms with Crippen LogP contribution >= 0.6 is 0 Å². The van der Waals surface area contributed by atoms with Gasteiger partial charge in [0.2, 0.25) is 18.0 Å². The zero-order valence-corrected chi connectivity index (χ0v) is 8.32. The number of nitrogens with zero attached hydrogens (tertiary/aromatic N) is 4. The summed E-state index contributed by atoms with van der Waals surface area (Å²) in [5.74, 6) is -5.84. The van der Waals surface area contributed by atoms with Crippen molar-refractivity contribution in [2.75, 3.05) is 0 Å². The van der Waals surface area contributed by atoms with E-state index in [9.17, 15) is 22.0 Å². The van der Waals surface area contributed by atoms with E-state index >= 15 is 0 Å². The van der Waals surface area contributed by atoms with Gasteiger partial charge in [0.25, 0.3) is 0 Å². The average Bonchev–Trinajstić information content (AvgIpc) is 2.81. The van der Waals surface area contributed by atoms with Crippen LogP contribution in [0.2, 0.25) is 0 Å². The SMILES string of the molecule is FC(F)(F)C(F)(F)c1ccnc(-c2ncon2)n1. The predicted octanol–water partition coefficient (Wildman–Crippen LogP) is 2.18. The van der Waals surface area contributed by atoms with Gasteiger partial charge in [0, 0.05) is 6.20 Å². The quantitative estimate of drug-likeness (QED) is 0.779. The van der Waals surface area contributed by atoms with Gasteiger partial charge in [-0.05, 0) is 6.07 Å². The number of alkyl halides is 5. The highest BCUT2D eigenvalue weighted by Crippen LogP contribution is 2.42. The molecule has 2 aromatic heterocycles. The number of halogens is 5. The molecule has 0 fully saturated rings. The number of hydrogen-bond acceptors (Lipinski definition) is 5. The van der Waals surface area contributed by atoms with Crippen LogP contribution in [0.5, 0.6) is 0 Å². The maximum Gasteiger partial charge on any atom is 0.459 e. The minimum Gasteiger partial charge on any atom is -0.342 e. The third kappa shape index (κ3) is 2.00. The smallest absolute Gasteiger partial charge is 0.342 e. The first-order valence-electron chi connectivity index (χ1n) is 4.37. The Hall–Kier alpha value is -2.13. The fourth-order valence-corrected chi connectivity index (χ4v) is 1.06. The third-order valence-corrected chi connectivity index (χ3v) is 1.89. The van der Waals surface area contributed by atoms with E-state index in [1.165, 1.54) is 0 Å². The topological polar surface area (TPSA) is 64.7 Å². The molecule has 0 N–H and O–H groups in total. The summed E-state index contributed by atoms with van der Waals surface area (Å²) in [6, 6.07) is 0.469. The first kappa shape index (κ1) is 12.3. The van der Waals surface area contributed by atoms with Crippen molar-refractivity contribution >= 4 is 0 Å². The molecule has 0 aliphatic carbocycles. The fraction of sp³-hybridized carbons (Fsp3) is 0.250. The number of hydrogen-bond donors (Lipinski definition) is 0. The van der Waals surface area contributed by atoms with Crippen molar-refractivity contribution in [1.29, 1.82) is 0 Å². The molecule has 0 radical (unpaired) electrons. The van der Waals surface area contributed by atoms with Gasteiger partial charge in [-0.25, -0.2) is 9.97 Å². The summed E-state index contributed by atoms with van der Waals surface area (Å²) in [4.78, 5) is 10.0. The summed E-state index contributed by atoms with van der Waals surface area (Å²) < 4.78 is 66.7. The van der Waals surface area contributed by atoms with Crippen molar-refractivity contribution in [3.8, 4) is 11.6 Å². The van der Waals surface area contributed by atoms with Crippen LogP contribution in [0.25, 0.3) is 11.6 Å². The lowest BCUT2D eigenvalue weighted by Crippen LogP contribution is -2.34. The lowest BCUT2D eigenvalue weighted by molar-refractivity contribution is -0.290. The minimum atomic E-state index is -5.74. The Morgan fingerprint density at radius 3 is 2.28 bits per heavy atom. The summed E-state index contributed by atoms with van der Waals surface area (Å²) >= 11 is 0. The maximum atomic E-state index is 13.0. The van der Waals surface area contributed by atoms with E-state index in [-0.39, 0.29) is 5.82 Å². The molecule has 2 aromatic rings. The highest BCUT2D eigenvalue weighted by atomic mass is 19.4. The van der Waals surface area contributed by atoms with Gasteiger partial charge in [-0.2, -0.15) is 26.9 Å². The van der Waals surface area contributed by atoms with Crippen LogP contribution in [0.3, 0.4) is 0 Å². The van der Waals surface area contributed by atoms with Gasteiger partial charge in [-0.15, -0.1) is 0 Å². The van der Waals surface area contributed by atoms with Crippen LogP contribution < -0.4 is 0 Å². The lowest BCUT2D eigenvalue weighted by Gasteiger charge is -2.18. The Labute approximate surface area is 95.7 Å². The molecule has 5 nitrogen and oxygen atoms in total. The van der Waals surface area contributed by atoms with Crippen LogP contribution in [0.1, 0.15) is 5.69 Å². The number of rotatable bonds is 2. The Balaban J connectivity index is 2.46. The first-order chi connectivity index (χ1) is 8.32. The van der Waals surface area contributed by atoms with Gasteiger partial charge >= 0.3 is 12.1 Å². The van der Waals surface area contributed by atoms with Crippen LogP contribution in [0, 0.1) is 0 Å². The molecular weight excluding hydrogens is 263 g/mol. The van der Waals surface area contributed by atoms with E-state index in [1.807, 2.05) is 0 Å². The van der Waals surface area contributed by atoms with E-state index in [4.69, 9.17) is 0 Å². The Bertz CT molecular complexity index is 539. The number of aromatic nitrogens is 4. The van der Waals surface area contributed by atoms with Crippen LogP contribution in [0.15, 0.2) is 23.2 Å². The molecule has 0 bridgehead atoms. The highest BCUT2D eigenvalue weighted by molar-refractivity contribution is 5.41. The highest BCUT2D eigenvalue weighted by Gasteiger charge is 2.60. The third-order valence-electron chi connectivity index (χ3n) is 1.89. The molecular formula is C8H3F5N4O. The molecule has 0 amide bonds. The van der Waals surface area contributed by atoms with E-state index in [2.05, 4.69) is 24.6 Å². The molecule has 0 aromatic carbocycles. The molecule has 0 aliphatic rings. The zero-order valence-electron chi connectivity index (χ0n) is 8.32. The summed E-state index contributed by atoms with van der Waals surface area (Å²) in [5.41, 5.74) is -1.48. The van der Waals surface area contributed by atoms with Gasteiger partial charge in [-0.1, -0.05) is 5.16 Å². The van der Waals surface area contributed by atoms with Crippen molar-refractivity contribution in [3.63, 3.8) is 0 Å². The Morgan fingerprint density at radius 1 is 1.00 bits per heavy atom. The van der Waals surface area contributed by atoms with E-state index in [0.29, 0.717) is 6.07 Å². The largest absolute Gasteiger partial charge is 0.459 e. The molecule has 0 aliphatic heterocycles. The van der Waals surface area contributed by atoms with Crippen molar-refractivity contribution in [1.82, 2.24) is 20.1 Å². The summed E-state index contributed by atoms with van der Waals surface area (Å²) in [5, 5.41) is 3.23. The van der Waals surface area contributed by atoms with Crippen molar-refractivity contribution in [2.45, 2.75) is 12.1 Å². The van der Waals surface area contributed by atoms with Crippen molar-refractivity contribution in [2.24, 2.45) is 0 Å². The second kappa shape index (κ2) is 3.96. The van der Waals surface area contributed by atoms with Crippen LogP contribution in [-0.4, -0.2) is 26.3 Å². The molecule has 0 unspecified atom stereocenters. The molecule has 2 rings (SSSR count). The van der Waals surface area contributed by atoms with Gasteiger partial charge in [0.15, 0.2) is 0 Å². The molecule has 0 atom stereocenters. The molecule has 0 saturated heterocycles. The summed E-state index contributed by atoms with van der Waals surface area (Å²) in [6.07, 6.45) is -4.11. The van der Waals surface area contributed by atoms with E-state index in [1.54, 1.807) is 0 Å². The average molecular weight is 266 g/mol. The Morgan fingerprint density at radius 2 is 1.72 bits per heavy atom. The van der Waals surface area contributed by atoms with Gasteiger partial charge < -0.3 is 4.52 Å². The fourth-order valence-electron chi connectivity index (χ4n) is 1.06. The van der Waals surface area contributed by atoms with Crippen LogP contribution in [0.4, 0.5) is 22.0 Å².